The molecule has 0 saturated heterocycles. The van der Waals surface area contributed by atoms with E-state index in [2.05, 4.69) is 20.9 Å². The number of nitrogens with zero attached hydrogens (tertiary/aromatic N) is 2. The fourth-order valence-electron chi connectivity index (χ4n) is 3.22. The van der Waals surface area contributed by atoms with Gasteiger partial charge < -0.3 is 4.74 Å². The summed E-state index contributed by atoms with van der Waals surface area (Å²) in [4.78, 5) is 16.5. The van der Waals surface area contributed by atoms with Crippen LogP contribution in [0.4, 0.5) is 0 Å². The molecule has 0 radical (unpaired) electrons. The SMILES string of the molecule is COC(=O)c1cccc(-c2cn(S(=O)(=O)c3ccc(C)cc3)c3ncc(Br)cc23)c1. The largest absolute Gasteiger partial charge is 0.465 e. The highest BCUT2D eigenvalue weighted by Crippen LogP contribution is 2.34. The van der Waals surface area contributed by atoms with Crippen molar-refractivity contribution in [2.45, 2.75) is 11.8 Å². The number of aryl methyl sites for hydroxylation is 1. The first-order valence-corrected chi connectivity index (χ1v) is 11.2. The highest BCUT2D eigenvalue weighted by molar-refractivity contribution is 9.10. The zero-order chi connectivity index (χ0) is 21.5. The summed E-state index contributed by atoms with van der Waals surface area (Å²) in [5.41, 5.74) is 2.96. The fraction of sp³-hybridized carbons (Fsp3) is 0.0909. The van der Waals surface area contributed by atoms with Gasteiger partial charge >= 0.3 is 5.97 Å². The van der Waals surface area contributed by atoms with E-state index < -0.39 is 16.0 Å². The molecule has 0 spiro atoms. The lowest BCUT2D eigenvalue weighted by atomic mass is 10.0. The number of hydrogen-bond donors (Lipinski definition) is 0. The monoisotopic (exact) mass is 484 g/mol. The predicted octanol–water partition coefficient (Wildman–Crippen LogP) is 4.80. The normalized spacial score (nSPS) is 11.6. The van der Waals surface area contributed by atoms with E-state index in [1.165, 1.54) is 17.3 Å². The third-order valence-corrected chi connectivity index (χ3v) is 6.85. The molecule has 4 aromatic rings. The molecule has 0 amide bonds. The quantitative estimate of drug-likeness (QED) is 0.388. The molecule has 152 valence electrons. The highest BCUT2D eigenvalue weighted by atomic mass is 79.9. The van der Waals surface area contributed by atoms with Gasteiger partial charge in [0.1, 0.15) is 0 Å². The van der Waals surface area contributed by atoms with E-state index in [4.69, 9.17) is 4.74 Å². The fourth-order valence-corrected chi connectivity index (χ4v) is 4.88. The summed E-state index contributed by atoms with van der Waals surface area (Å²) in [6.07, 6.45) is 3.09. The van der Waals surface area contributed by atoms with Crippen LogP contribution in [0.5, 0.6) is 0 Å². The van der Waals surface area contributed by atoms with E-state index in [1.807, 2.05) is 19.1 Å². The van der Waals surface area contributed by atoms with E-state index >= 15 is 0 Å². The molecule has 8 heteroatoms. The summed E-state index contributed by atoms with van der Waals surface area (Å²) in [7, 11) is -2.55. The van der Waals surface area contributed by atoms with Crippen molar-refractivity contribution in [2.75, 3.05) is 7.11 Å². The Balaban J connectivity index is 1.97. The predicted molar refractivity (Wildman–Crippen MR) is 118 cm³/mol. The number of halogens is 1. The number of methoxy groups -OCH3 is 1. The van der Waals surface area contributed by atoms with E-state index in [0.717, 1.165) is 5.56 Å². The highest BCUT2D eigenvalue weighted by Gasteiger charge is 2.23. The first-order chi connectivity index (χ1) is 14.3. The zero-order valence-electron chi connectivity index (χ0n) is 16.2. The summed E-state index contributed by atoms with van der Waals surface area (Å²) in [6, 6.07) is 15.3. The molecular formula is C22H17BrN2O4S. The number of carbonyl (C=O) groups is 1. The second kappa shape index (κ2) is 7.70. The van der Waals surface area contributed by atoms with E-state index in [9.17, 15) is 13.2 Å². The van der Waals surface area contributed by atoms with E-state index in [-0.39, 0.29) is 4.90 Å². The minimum absolute atomic E-state index is 0.171. The topological polar surface area (TPSA) is 78.3 Å². The Morgan fingerprint density at radius 1 is 1.10 bits per heavy atom. The van der Waals surface area contributed by atoms with E-state index in [0.29, 0.717) is 32.2 Å². The van der Waals surface area contributed by atoms with Gasteiger partial charge in [0.25, 0.3) is 10.0 Å². The lowest BCUT2D eigenvalue weighted by Crippen LogP contribution is -2.12. The molecule has 0 saturated carbocycles. The number of carbonyl (C=O) groups excluding carboxylic acids is 1. The van der Waals surface area contributed by atoms with Crippen molar-refractivity contribution in [3.8, 4) is 11.1 Å². The van der Waals surface area contributed by atoms with Crippen molar-refractivity contribution in [2.24, 2.45) is 0 Å². The van der Waals surface area contributed by atoms with Gasteiger partial charge in [0.05, 0.1) is 17.6 Å². The van der Waals surface area contributed by atoms with E-state index in [1.54, 1.807) is 48.7 Å². The van der Waals surface area contributed by atoms with Crippen molar-refractivity contribution in [3.05, 3.63) is 82.6 Å². The first kappa shape index (κ1) is 20.3. The first-order valence-electron chi connectivity index (χ1n) is 8.99. The van der Waals surface area contributed by atoms with Crippen LogP contribution in [0.2, 0.25) is 0 Å². The molecule has 0 unspecified atom stereocenters. The molecule has 0 aliphatic rings. The summed E-state index contributed by atoms with van der Waals surface area (Å²) in [6.45, 7) is 1.90. The van der Waals surface area contributed by atoms with Crippen molar-refractivity contribution in [1.29, 1.82) is 0 Å². The van der Waals surface area contributed by atoms with Crippen molar-refractivity contribution >= 4 is 43.0 Å². The number of aromatic nitrogens is 2. The molecule has 0 aliphatic heterocycles. The molecule has 30 heavy (non-hydrogen) atoms. The summed E-state index contributed by atoms with van der Waals surface area (Å²) < 4.78 is 33.4. The minimum atomic E-state index is -3.87. The molecule has 2 heterocycles. The second-order valence-corrected chi connectivity index (χ2v) is 9.48. The molecule has 0 fully saturated rings. The molecule has 4 rings (SSSR count). The molecular weight excluding hydrogens is 468 g/mol. The number of rotatable bonds is 4. The standard InChI is InChI=1S/C22H17BrN2O4S/c1-14-6-8-18(9-7-14)30(27,28)25-13-20(19-11-17(23)12-24-21(19)25)15-4-3-5-16(10-15)22(26)29-2/h3-13H,1-2H3. The molecule has 2 aromatic heterocycles. The lowest BCUT2D eigenvalue weighted by Gasteiger charge is -2.07. The van der Waals surface area contributed by atoms with Crippen LogP contribution in [0.1, 0.15) is 15.9 Å². The van der Waals surface area contributed by atoms with Crippen molar-refractivity contribution in [1.82, 2.24) is 8.96 Å². The molecule has 0 aliphatic carbocycles. The Bertz CT molecular complexity index is 1380. The Labute approximate surface area is 182 Å². The summed E-state index contributed by atoms with van der Waals surface area (Å²) in [5, 5.41) is 0.641. The van der Waals surface area contributed by atoms with Crippen LogP contribution < -0.4 is 0 Å². The van der Waals surface area contributed by atoms with Gasteiger partial charge in [-0.2, -0.15) is 0 Å². The maximum absolute atomic E-state index is 13.3. The van der Waals surface area contributed by atoms with Gasteiger partial charge in [-0.1, -0.05) is 29.8 Å². The second-order valence-electron chi connectivity index (χ2n) is 6.75. The third kappa shape index (κ3) is 3.53. The summed E-state index contributed by atoms with van der Waals surface area (Å²) in [5.74, 6) is -0.466. The zero-order valence-corrected chi connectivity index (χ0v) is 18.6. The van der Waals surface area contributed by atoms with Crippen LogP contribution in [-0.2, 0) is 14.8 Å². The van der Waals surface area contributed by atoms with Crippen LogP contribution in [0, 0.1) is 6.92 Å². The molecule has 6 nitrogen and oxygen atoms in total. The molecule has 0 bridgehead atoms. The van der Waals surface area contributed by atoms with Gasteiger partial charge in [-0.25, -0.2) is 22.2 Å². The lowest BCUT2D eigenvalue weighted by molar-refractivity contribution is 0.0601. The maximum Gasteiger partial charge on any atom is 0.337 e. The Morgan fingerprint density at radius 2 is 1.83 bits per heavy atom. The Hall–Kier alpha value is -2.97. The van der Waals surface area contributed by atoms with Crippen LogP contribution in [-0.4, -0.2) is 30.5 Å². The van der Waals surface area contributed by atoms with Gasteiger partial charge in [0, 0.05) is 27.8 Å². The van der Waals surface area contributed by atoms with Gasteiger partial charge in [-0.3, -0.25) is 0 Å². The van der Waals surface area contributed by atoms with Crippen molar-refractivity contribution in [3.63, 3.8) is 0 Å². The van der Waals surface area contributed by atoms with Crippen LogP contribution >= 0.6 is 15.9 Å². The number of benzene rings is 2. The molecule has 0 N–H and O–H groups in total. The van der Waals surface area contributed by atoms with Crippen LogP contribution in [0.15, 0.2) is 76.4 Å². The number of pyridine rings is 1. The Kier molecular flexibility index (Phi) is 5.21. The van der Waals surface area contributed by atoms with Gasteiger partial charge in [-0.15, -0.1) is 0 Å². The molecule has 2 aromatic carbocycles. The number of fused-ring (bicyclic) bond motifs is 1. The Morgan fingerprint density at radius 3 is 2.53 bits per heavy atom. The molecule has 0 atom stereocenters. The van der Waals surface area contributed by atoms with Gasteiger partial charge in [-0.05, 0) is 58.7 Å². The van der Waals surface area contributed by atoms with Gasteiger partial charge in [0.15, 0.2) is 5.65 Å². The smallest absolute Gasteiger partial charge is 0.337 e. The van der Waals surface area contributed by atoms with Gasteiger partial charge in [0.2, 0.25) is 0 Å². The van der Waals surface area contributed by atoms with Crippen LogP contribution in [0.3, 0.4) is 0 Å². The number of ether oxygens (including phenoxy) is 1. The third-order valence-electron chi connectivity index (χ3n) is 4.75. The number of esters is 1. The van der Waals surface area contributed by atoms with Crippen LogP contribution in [0.25, 0.3) is 22.2 Å². The summed E-state index contributed by atoms with van der Waals surface area (Å²) >= 11 is 3.41. The average Bonchev–Trinajstić information content (AvgIpc) is 3.13. The van der Waals surface area contributed by atoms with Crippen molar-refractivity contribution < 1.29 is 17.9 Å². The maximum atomic E-state index is 13.3. The average molecular weight is 485 g/mol. The minimum Gasteiger partial charge on any atom is -0.465 e. The number of hydrogen-bond acceptors (Lipinski definition) is 5.